The Bertz CT molecular complexity index is 1810. The summed E-state index contributed by atoms with van der Waals surface area (Å²) in [6.07, 6.45) is 4.02. The second-order valence-electron chi connectivity index (χ2n) is 11.6. The molecule has 2 heterocycles. The first kappa shape index (κ1) is 34.1. The van der Waals surface area contributed by atoms with E-state index in [1.807, 2.05) is 60.7 Å². The Kier molecular flexibility index (Phi) is 11.5. The molecular weight excluding hydrogens is 639 g/mol. The van der Waals surface area contributed by atoms with Gasteiger partial charge < -0.3 is 28.4 Å². The molecule has 4 aromatic carbocycles. The molecule has 1 aromatic heterocycles. The Labute approximate surface area is 292 Å². The number of hydrogen-bond acceptors (Lipinski definition) is 10. The number of benzene rings is 4. The van der Waals surface area contributed by atoms with Gasteiger partial charge in [0.1, 0.15) is 24.0 Å². The van der Waals surface area contributed by atoms with Crippen molar-refractivity contribution >= 4 is 33.7 Å². The first-order chi connectivity index (χ1) is 24.1. The van der Waals surface area contributed by atoms with Crippen LogP contribution in [0.5, 0.6) is 34.5 Å². The van der Waals surface area contributed by atoms with E-state index < -0.39 is 0 Å². The molecule has 6 rings (SSSR count). The van der Waals surface area contributed by atoms with Gasteiger partial charge in [-0.25, -0.2) is 4.98 Å². The van der Waals surface area contributed by atoms with Gasteiger partial charge in [-0.2, -0.15) is 0 Å². The third kappa shape index (κ3) is 8.64. The average Bonchev–Trinajstić information content (AvgIpc) is 3.59. The van der Waals surface area contributed by atoms with E-state index in [1.54, 1.807) is 39.8 Å². The van der Waals surface area contributed by atoms with E-state index >= 15 is 0 Å². The van der Waals surface area contributed by atoms with E-state index in [1.165, 1.54) is 4.70 Å². The van der Waals surface area contributed by atoms with Gasteiger partial charge in [0.25, 0.3) is 0 Å². The zero-order valence-electron chi connectivity index (χ0n) is 28.5. The summed E-state index contributed by atoms with van der Waals surface area (Å²) in [4.78, 5) is 9.69. The summed E-state index contributed by atoms with van der Waals surface area (Å²) in [6.45, 7) is 6.94. The van der Waals surface area contributed by atoms with Gasteiger partial charge in [0.2, 0.25) is 5.75 Å². The number of ether oxygens (including phenoxy) is 6. The standard InChI is InChI=1S/C39H43N3O6S/c1-43-33-15-14-28(12-13-29-25-35(44-2)38(46-4)36(26-29)45-3)24-34(33)48-23-21-42-18-16-41(17-19-42)20-22-47-31-9-7-8-30(27-31)39-40-32-10-5-6-11-37(32)49-39/h5-15,24-27H,16-23H2,1-4H3/b13-12-. The Balaban J connectivity index is 0.951. The summed E-state index contributed by atoms with van der Waals surface area (Å²) in [5.41, 5.74) is 4.04. The summed E-state index contributed by atoms with van der Waals surface area (Å²) >= 11 is 1.71. The fourth-order valence-electron chi connectivity index (χ4n) is 5.83. The van der Waals surface area contributed by atoms with E-state index in [4.69, 9.17) is 33.4 Å². The Hall–Kier alpha value is -4.77. The molecule has 0 atom stereocenters. The van der Waals surface area contributed by atoms with Crippen LogP contribution in [-0.2, 0) is 0 Å². The number of fused-ring (bicyclic) bond motifs is 1. The molecule has 1 fully saturated rings. The van der Waals surface area contributed by atoms with Gasteiger partial charge in [0.15, 0.2) is 23.0 Å². The van der Waals surface area contributed by atoms with Crippen molar-refractivity contribution in [1.29, 1.82) is 0 Å². The molecule has 1 aliphatic rings. The molecule has 0 unspecified atom stereocenters. The summed E-state index contributed by atoms with van der Waals surface area (Å²) in [5.74, 6) is 4.09. The molecule has 0 amide bonds. The normalized spacial score (nSPS) is 13.9. The highest BCUT2D eigenvalue weighted by molar-refractivity contribution is 7.21. The second-order valence-corrected chi connectivity index (χ2v) is 12.6. The summed E-state index contributed by atoms with van der Waals surface area (Å²) < 4.78 is 35.6. The van der Waals surface area contributed by atoms with Crippen molar-refractivity contribution in [2.24, 2.45) is 0 Å². The minimum absolute atomic E-state index is 0.566. The fraction of sp³-hybridized carbons (Fsp3) is 0.308. The number of aromatic nitrogens is 1. The molecule has 0 N–H and O–H groups in total. The van der Waals surface area contributed by atoms with E-state index in [-0.39, 0.29) is 0 Å². The molecule has 256 valence electrons. The highest BCUT2D eigenvalue weighted by Gasteiger charge is 2.17. The molecule has 0 bridgehead atoms. The number of thiazole rings is 1. The molecule has 0 radical (unpaired) electrons. The summed E-state index contributed by atoms with van der Waals surface area (Å²) in [6, 6.07) is 26.2. The topological polar surface area (TPSA) is 74.8 Å². The van der Waals surface area contributed by atoms with E-state index in [0.717, 1.165) is 78.0 Å². The molecule has 0 aliphatic carbocycles. The molecular formula is C39H43N3O6S. The molecule has 9 nitrogen and oxygen atoms in total. The first-order valence-electron chi connectivity index (χ1n) is 16.4. The quantitative estimate of drug-likeness (QED) is 0.106. The van der Waals surface area contributed by atoms with Crippen LogP contribution in [0.2, 0.25) is 0 Å². The van der Waals surface area contributed by atoms with Gasteiger partial charge in [-0.3, -0.25) is 9.80 Å². The molecule has 5 aromatic rings. The maximum Gasteiger partial charge on any atom is 0.203 e. The van der Waals surface area contributed by atoms with Crippen molar-refractivity contribution in [2.75, 3.05) is 80.9 Å². The van der Waals surface area contributed by atoms with Gasteiger partial charge in [-0.05, 0) is 59.7 Å². The monoisotopic (exact) mass is 681 g/mol. The molecule has 0 spiro atoms. The lowest BCUT2D eigenvalue weighted by Gasteiger charge is -2.34. The van der Waals surface area contributed by atoms with Crippen molar-refractivity contribution in [3.63, 3.8) is 0 Å². The average molecular weight is 682 g/mol. The van der Waals surface area contributed by atoms with Crippen LogP contribution in [0.4, 0.5) is 0 Å². The van der Waals surface area contributed by atoms with Crippen LogP contribution in [0.25, 0.3) is 32.9 Å². The van der Waals surface area contributed by atoms with Crippen molar-refractivity contribution in [3.05, 3.63) is 90.0 Å². The maximum absolute atomic E-state index is 6.23. The van der Waals surface area contributed by atoms with Crippen LogP contribution in [-0.4, -0.2) is 95.7 Å². The lowest BCUT2D eigenvalue weighted by Crippen LogP contribution is -2.48. The predicted molar refractivity (Wildman–Crippen MR) is 197 cm³/mol. The fourth-order valence-corrected chi connectivity index (χ4v) is 6.79. The number of nitrogens with zero attached hydrogens (tertiary/aromatic N) is 3. The highest BCUT2D eigenvalue weighted by Crippen LogP contribution is 2.39. The zero-order valence-corrected chi connectivity index (χ0v) is 29.3. The minimum Gasteiger partial charge on any atom is -0.493 e. The van der Waals surface area contributed by atoms with Crippen molar-refractivity contribution in [2.45, 2.75) is 0 Å². The summed E-state index contributed by atoms with van der Waals surface area (Å²) in [7, 11) is 6.48. The second kappa shape index (κ2) is 16.6. The van der Waals surface area contributed by atoms with Crippen LogP contribution in [0.3, 0.4) is 0 Å². The van der Waals surface area contributed by atoms with Crippen LogP contribution >= 0.6 is 11.3 Å². The van der Waals surface area contributed by atoms with Gasteiger partial charge in [-0.15, -0.1) is 11.3 Å². The van der Waals surface area contributed by atoms with Crippen LogP contribution < -0.4 is 28.4 Å². The third-order valence-electron chi connectivity index (χ3n) is 8.52. The lowest BCUT2D eigenvalue weighted by molar-refractivity contribution is 0.104. The number of piperazine rings is 1. The van der Waals surface area contributed by atoms with Crippen molar-refractivity contribution in [1.82, 2.24) is 14.8 Å². The Morgan fingerprint density at radius 2 is 1.29 bits per heavy atom. The SMILES string of the molecule is COc1ccc(/C=C\c2cc(OC)c(OC)c(OC)c2)cc1OCCN1CCN(CCOc2cccc(-c3nc4ccccc4s3)c2)CC1. The number of methoxy groups -OCH3 is 4. The number of hydrogen-bond donors (Lipinski definition) is 0. The smallest absolute Gasteiger partial charge is 0.203 e. The van der Waals surface area contributed by atoms with Gasteiger partial charge in [0, 0.05) is 44.8 Å². The molecule has 1 aliphatic heterocycles. The van der Waals surface area contributed by atoms with E-state index in [2.05, 4.69) is 40.1 Å². The van der Waals surface area contributed by atoms with Gasteiger partial charge >= 0.3 is 0 Å². The number of rotatable bonds is 15. The van der Waals surface area contributed by atoms with Crippen molar-refractivity contribution < 1.29 is 28.4 Å². The summed E-state index contributed by atoms with van der Waals surface area (Å²) in [5, 5.41) is 1.02. The van der Waals surface area contributed by atoms with E-state index in [0.29, 0.717) is 36.2 Å². The van der Waals surface area contributed by atoms with Crippen LogP contribution in [0.1, 0.15) is 11.1 Å². The van der Waals surface area contributed by atoms with Gasteiger partial charge in [0.05, 0.1) is 38.7 Å². The molecule has 0 saturated carbocycles. The third-order valence-corrected chi connectivity index (χ3v) is 9.61. The number of para-hydroxylation sites is 1. The molecule has 49 heavy (non-hydrogen) atoms. The predicted octanol–water partition coefficient (Wildman–Crippen LogP) is 7.24. The molecule has 1 saturated heterocycles. The highest BCUT2D eigenvalue weighted by atomic mass is 32.1. The Morgan fingerprint density at radius 3 is 1.96 bits per heavy atom. The zero-order chi connectivity index (χ0) is 34.0. The first-order valence-corrected chi connectivity index (χ1v) is 17.2. The maximum atomic E-state index is 6.23. The largest absolute Gasteiger partial charge is 0.493 e. The lowest BCUT2D eigenvalue weighted by atomic mass is 10.1. The van der Waals surface area contributed by atoms with Crippen LogP contribution in [0.15, 0.2) is 78.9 Å². The minimum atomic E-state index is 0.566. The van der Waals surface area contributed by atoms with Crippen molar-refractivity contribution in [3.8, 4) is 45.1 Å². The van der Waals surface area contributed by atoms with Gasteiger partial charge in [-0.1, -0.05) is 42.5 Å². The Morgan fingerprint density at radius 1 is 0.633 bits per heavy atom. The van der Waals surface area contributed by atoms with Crippen LogP contribution in [0, 0.1) is 0 Å². The molecule has 10 heteroatoms. The van der Waals surface area contributed by atoms with E-state index in [9.17, 15) is 0 Å².